The van der Waals surface area contributed by atoms with Crippen molar-refractivity contribution in [3.63, 3.8) is 0 Å². The van der Waals surface area contributed by atoms with Crippen LogP contribution in [0.2, 0.25) is 0 Å². The van der Waals surface area contributed by atoms with Crippen LogP contribution < -0.4 is 14.8 Å². The fraction of sp³-hybridized carbons (Fsp3) is 0.219. The van der Waals surface area contributed by atoms with Gasteiger partial charge < -0.3 is 24.6 Å². The van der Waals surface area contributed by atoms with Crippen LogP contribution in [-0.4, -0.2) is 47.0 Å². The van der Waals surface area contributed by atoms with Crippen molar-refractivity contribution in [3.05, 3.63) is 120 Å². The van der Waals surface area contributed by atoms with Gasteiger partial charge in [0, 0.05) is 12.5 Å². The summed E-state index contributed by atoms with van der Waals surface area (Å²) in [6.07, 6.45) is 0.192. The minimum atomic E-state index is -1.36. The third-order valence-corrected chi connectivity index (χ3v) is 6.53. The zero-order chi connectivity index (χ0) is 29.2. The molecular weight excluding hydrogens is 522 g/mol. The first-order valence-electron chi connectivity index (χ1n) is 13.1. The molecule has 0 saturated carbocycles. The standard InChI is InChI=1S/C32H33N3O6/c1-4-26(31(37)33-28(32(38)40-3)19-22-11-7-5-8-12-22)30(36)27-20-29(35(34-27)24-13-9-6-10-14-24)41-21-23-15-17-25(39-2)18-16-23/h4-18,20,26,28,30,36H,1,19,21H2,2-3H3,(H,33,37)/t26-,28-,30-/m0/s1. The molecule has 4 rings (SSSR count). The molecule has 0 aliphatic heterocycles. The van der Waals surface area contributed by atoms with E-state index in [1.807, 2.05) is 84.9 Å². The molecule has 0 bridgehead atoms. The van der Waals surface area contributed by atoms with E-state index in [0.29, 0.717) is 11.6 Å². The number of benzene rings is 3. The molecule has 0 aliphatic rings. The van der Waals surface area contributed by atoms with Gasteiger partial charge in [0.1, 0.15) is 24.5 Å². The van der Waals surface area contributed by atoms with Crippen molar-refractivity contribution in [2.45, 2.75) is 25.2 Å². The molecule has 0 radical (unpaired) electrons. The van der Waals surface area contributed by atoms with Crippen molar-refractivity contribution in [1.82, 2.24) is 15.1 Å². The summed E-state index contributed by atoms with van der Waals surface area (Å²) in [5.74, 6) is -1.18. The number of aliphatic hydroxyl groups is 1. The SMILES string of the molecule is C=C[C@H](C(=O)N[C@@H](Cc1ccccc1)C(=O)OC)[C@H](O)c1cc(OCc2ccc(OC)cc2)n(-c2ccccc2)n1. The molecule has 4 aromatic rings. The number of carbonyl (C=O) groups excluding carboxylic acids is 2. The van der Waals surface area contributed by atoms with E-state index in [-0.39, 0.29) is 18.7 Å². The number of nitrogens with zero attached hydrogens (tertiary/aromatic N) is 2. The number of amides is 1. The fourth-order valence-electron chi connectivity index (χ4n) is 4.28. The summed E-state index contributed by atoms with van der Waals surface area (Å²) in [7, 11) is 2.86. The Hall–Kier alpha value is -4.89. The number of methoxy groups -OCH3 is 2. The van der Waals surface area contributed by atoms with Gasteiger partial charge in [0.05, 0.1) is 31.5 Å². The lowest BCUT2D eigenvalue weighted by Crippen LogP contribution is -2.46. The molecule has 3 atom stereocenters. The third-order valence-electron chi connectivity index (χ3n) is 6.53. The van der Waals surface area contributed by atoms with Crippen molar-refractivity contribution in [2.24, 2.45) is 5.92 Å². The molecule has 3 aromatic carbocycles. The van der Waals surface area contributed by atoms with E-state index >= 15 is 0 Å². The number of aliphatic hydroxyl groups excluding tert-OH is 1. The van der Waals surface area contributed by atoms with E-state index < -0.39 is 29.9 Å². The molecule has 212 valence electrons. The van der Waals surface area contributed by atoms with Gasteiger partial charge in [0.25, 0.3) is 0 Å². The van der Waals surface area contributed by atoms with Crippen molar-refractivity contribution >= 4 is 11.9 Å². The van der Waals surface area contributed by atoms with Gasteiger partial charge in [-0.2, -0.15) is 5.10 Å². The van der Waals surface area contributed by atoms with Crippen LogP contribution in [0.15, 0.2) is 104 Å². The van der Waals surface area contributed by atoms with Crippen LogP contribution in [-0.2, 0) is 27.4 Å². The van der Waals surface area contributed by atoms with Gasteiger partial charge >= 0.3 is 5.97 Å². The molecule has 2 N–H and O–H groups in total. The Kier molecular flexibility index (Phi) is 9.90. The molecule has 0 spiro atoms. The molecule has 1 heterocycles. The summed E-state index contributed by atoms with van der Waals surface area (Å²) in [5.41, 5.74) is 2.67. The Labute approximate surface area is 239 Å². The number of hydrogen-bond acceptors (Lipinski definition) is 7. The molecular formula is C32H33N3O6. The number of carbonyl (C=O) groups is 2. The van der Waals surface area contributed by atoms with E-state index in [1.54, 1.807) is 17.9 Å². The normalized spacial score (nSPS) is 13.0. The Bertz CT molecular complexity index is 1440. The first-order valence-corrected chi connectivity index (χ1v) is 13.1. The van der Waals surface area contributed by atoms with E-state index in [1.165, 1.54) is 13.2 Å². The van der Waals surface area contributed by atoms with E-state index in [0.717, 1.165) is 16.9 Å². The summed E-state index contributed by atoms with van der Waals surface area (Å²) in [6, 6.07) is 26.7. The van der Waals surface area contributed by atoms with Gasteiger partial charge in [0.15, 0.2) is 0 Å². The number of ether oxygens (including phenoxy) is 3. The maximum absolute atomic E-state index is 13.3. The second-order valence-corrected chi connectivity index (χ2v) is 9.27. The molecule has 0 aliphatic carbocycles. The Morgan fingerprint density at radius 1 is 0.976 bits per heavy atom. The fourth-order valence-corrected chi connectivity index (χ4v) is 4.28. The monoisotopic (exact) mass is 555 g/mol. The first kappa shape index (κ1) is 29.1. The zero-order valence-corrected chi connectivity index (χ0v) is 23.0. The lowest BCUT2D eigenvalue weighted by atomic mass is 9.97. The van der Waals surface area contributed by atoms with Gasteiger partial charge in [-0.25, -0.2) is 9.48 Å². The van der Waals surface area contributed by atoms with Gasteiger partial charge in [0.2, 0.25) is 11.8 Å². The number of hydrogen-bond donors (Lipinski definition) is 2. The molecule has 0 fully saturated rings. The van der Waals surface area contributed by atoms with Crippen LogP contribution in [0.5, 0.6) is 11.6 Å². The number of nitrogens with one attached hydrogen (secondary N) is 1. The Morgan fingerprint density at radius 3 is 2.24 bits per heavy atom. The average Bonchev–Trinajstić information content (AvgIpc) is 3.45. The highest BCUT2D eigenvalue weighted by atomic mass is 16.5. The van der Waals surface area contributed by atoms with Crippen molar-refractivity contribution in [1.29, 1.82) is 0 Å². The van der Waals surface area contributed by atoms with E-state index in [4.69, 9.17) is 14.2 Å². The smallest absolute Gasteiger partial charge is 0.328 e. The minimum Gasteiger partial charge on any atom is -0.497 e. The average molecular weight is 556 g/mol. The zero-order valence-electron chi connectivity index (χ0n) is 23.0. The molecule has 1 amide bonds. The lowest BCUT2D eigenvalue weighted by Gasteiger charge is -2.22. The maximum Gasteiger partial charge on any atom is 0.328 e. The van der Waals surface area contributed by atoms with E-state index in [9.17, 15) is 14.7 Å². The van der Waals surface area contributed by atoms with Crippen LogP contribution in [0.4, 0.5) is 0 Å². The molecule has 9 nitrogen and oxygen atoms in total. The summed E-state index contributed by atoms with van der Waals surface area (Å²) in [5, 5.41) is 18.6. The topological polar surface area (TPSA) is 112 Å². The lowest BCUT2D eigenvalue weighted by molar-refractivity contribution is -0.145. The summed E-state index contributed by atoms with van der Waals surface area (Å²) in [6.45, 7) is 3.99. The van der Waals surface area contributed by atoms with Crippen LogP contribution in [0.1, 0.15) is 22.9 Å². The summed E-state index contributed by atoms with van der Waals surface area (Å²) in [4.78, 5) is 25.8. The van der Waals surface area contributed by atoms with E-state index in [2.05, 4.69) is 17.0 Å². The van der Waals surface area contributed by atoms with Crippen LogP contribution >= 0.6 is 0 Å². The number of aromatic nitrogens is 2. The van der Waals surface area contributed by atoms with Gasteiger partial charge in [-0.1, -0.05) is 66.7 Å². The largest absolute Gasteiger partial charge is 0.497 e. The molecule has 9 heteroatoms. The van der Waals surface area contributed by atoms with Crippen molar-refractivity contribution < 1.29 is 28.9 Å². The summed E-state index contributed by atoms with van der Waals surface area (Å²) >= 11 is 0. The third kappa shape index (κ3) is 7.40. The highest BCUT2D eigenvalue weighted by molar-refractivity contribution is 5.87. The number of esters is 1. The van der Waals surface area contributed by atoms with Crippen molar-refractivity contribution in [3.8, 4) is 17.3 Å². The van der Waals surface area contributed by atoms with Gasteiger partial charge in [-0.15, -0.1) is 6.58 Å². The number of para-hydroxylation sites is 1. The predicted molar refractivity (Wildman–Crippen MR) is 154 cm³/mol. The molecule has 1 aromatic heterocycles. The maximum atomic E-state index is 13.3. The highest BCUT2D eigenvalue weighted by Crippen LogP contribution is 2.29. The second-order valence-electron chi connectivity index (χ2n) is 9.27. The van der Waals surface area contributed by atoms with Crippen LogP contribution in [0, 0.1) is 5.92 Å². The minimum absolute atomic E-state index is 0.205. The molecule has 0 unspecified atom stereocenters. The Balaban J connectivity index is 1.55. The Morgan fingerprint density at radius 2 is 1.63 bits per heavy atom. The van der Waals surface area contributed by atoms with Crippen LogP contribution in [0.25, 0.3) is 5.69 Å². The molecule has 0 saturated heterocycles. The van der Waals surface area contributed by atoms with Crippen LogP contribution in [0.3, 0.4) is 0 Å². The highest BCUT2D eigenvalue weighted by Gasteiger charge is 2.32. The molecule has 41 heavy (non-hydrogen) atoms. The quantitative estimate of drug-likeness (QED) is 0.188. The van der Waals surface area contributed by atoms with Gasteiger partial charge in [-0.3, -0.25) is 4.79 Å². The first-order chi connectivity index (χ1) is 19.9. The summed E-state index contributed by atoms with van der Waals surface area (Å²) < 4.78 is 17.8. The van der Waals surface area contributed by atoms with Gasteiger partial charge in [-0.05, 0) is 35.4 Å². The second kappa shape index (κ2) is 14.0. The predicted octanol–water partition coefficient (Wildman–Crippen LogP) is 4.20. The van der Waals surface area contributed by atoms with Crippen molar-refractivity contribution in [2.75, 3.05) is 14.2 Å². The number of rotatable bonds is 13.